The van der Waals surface area contributed by atoms with E-state index in [2.05, 4.69) is 38.2 Å². The Morgan fingerprint density at radius 3 is 2.55 bits per heavy atom. The first-order valence-electron chi connectivity index (χ1n) is 7.69. The Labute approximate surface area is 122 Å². The summed E-state index contributed by atoms with van der Waals surface area (Å²) in [6.45, 7) is 10.2. The molecule has 2 N–H and O–H groups in total. The number of nitrogens with one attached hydrogen (secondary N) is 2. The quantitative estimate of drug-likeness (QED) is 0.850. The Kier molecular flexibility index (Phi) is 5.18. The zero-order valence-electron chi connectivity index (χ0n) is 12.9. The molecule has 1 saturated heterocycles. The lowest BCUT2D eigenvalue weighted by Crippen LogP contribution is -3.15. The van der Waals surface area contributed by atoms with Crippen LogP contribution in [0.3, 0.4) is 0 Å². The second-order valence-corrected chi connectivity index (χ2v) is 6.48. The Balaban J connectivity index is 1.79. The van der Waals surface area contributed by atoms with Crippen molar-refractivity contribution in [1.82, 2.24) is 5.32 Å². The summed E-state index contributed by atoms with van der Waals surface area (Å²) < 4.78 is 0. The number of piperidine rings is 1. The number of carbonyl (C=O) groups excluding carboxylic acids is 1. The fourth-order valence-electron chi connectivity index (χ4n) is 3.36. The molecule has 2 rings (SSSR count). The highest BCUT2D eigenvalue weighted by Gasteiger charge is 2.26. The van der Waals surface area contributed by atoms with Crippen LogP contribution in [0.1, 0.15) is 31.4 Å². The average molecular weight is 275 g/mol. The van der Waals surface area contributed by atoms with Gasteiger partial charge in [0.15, 0.2) is 6.54 Å². The van der Waals surface area contributed by atoms with Crippen LogP contribution in [0, 0.1) is 18.8 Å². The molecule has 1 aliphatic rings. The minimum atomic E-state index is 0.171. The number of rotatable bonds is 4. The van der Waals surface area contributed by atoms with E-state index in [1.807, 2.05) is 12.1 Å². The third-order valence-electron chi connectivity index (χ3n) is 4.23. The number of aryl methyl sites for hydroxylation is 1. The molecule has 3 nitrogen and oxygen atoms in total. The van der Waals surface area contributed by atoms with Crippen molar-refractivity contribution < 1.29 is 9.69 Å². The van der Waals surface area contributed by atoms with E-state index in [0.29, 0.717) is 13.1 Å². The minimum Gasteiger partial charge on any atom is -0.347 e. The van der Waals surface area contributed by atoms with E-state index in [1.54, 1.807) is 0 Å². The summed E-state index contributed by atoms with van der Waals surface area (Å²) in [5.74, 6) is 1.64. The molecule has 1 aliphatic heterocycles. The molecule has 1 aromatic rings. The van der Waals surface area contributed by atoms with Crippen LogP contribution in [0.5, 0.6) is 0 Å². The molecule has 110 valence electrons. The van der Waals surface area contributed by atoms with Crippen molar-refractivity contribution in [3.8, 4) is 0 Å². The van der Waals surface area contributed by atoms with Crippen LogP contribution in [0.2, 0.25) is 0 Å². The number of carbonyl (C=O) groups is 1. The molecule has 3 heteroatoms. The van der Waals surface area contributed by atoms with E-state index in [4.69, 9.17) is 0 Å². The highest BCUT2D eigenvalue weighted by atomic mass is 16.2. The third kappa shape index (κ3) is 4.34. The number of amides is 1. The zero-order valence-corrected chi connectivity index (χ0v) is 12.9. The van der Waals surface area contributed by atoms with Crippen LogP contribution in [0.25, 0.3) is 0 Å². The smallest absolute Gasteiger partial charge is 0.275 e. The molecule has 0 saturated carbocycles. The Morgan fingerprint density at radius 2 is 1.90 bits per heavy atom. The van der Waals surface area contributed by atoms with E-state index in [1.165, 1.54) is 22.4 Å². The van der Waals surface area contributed by atoms with Crippen molar-refractivity contribution in [3.63, 3.8) is 0 Å². The molecule has 0 unspecified atom stereocenters. The van der Waals surface area contributed by atoms with Crippen LogP contribution in [-0.4, -0.2) is 25.5 Å². The van der Waals surface area contributed by atoms with Crippen molar-refractivity contribution in [2.75, 3.05) is 19.6 Å². The van der Waals surface area contributed by atoms with Crippen LogP contribution in [0.4, 0.5) is 0 Å². The number of likely N-dealkylation sites (tertiary alicyclic amines) is 1. The largest absolute Gasteiger partial charge is 0.347 e. The molecule has 0 bridgehead atoms. The molecule has 1 fully saturated rings. The molecular formula is C17H27N2O+. The summed E-state index contributed by atoms with van der Waals surface area (Å²) in [7, 11) is 0. The first-order chi connectivity index (χ1) is 9.54. The summed E-state index contributed by atoms with van der Waals surface area (Å²) in [5, 5.41) is 3.06. The highest BCUT2D eigenvalue weighted by molar-refractivity contribution is 5.76. The van der Waals surface area contributed by atoms with Gasteiger partial charge in [0.25, 0.3) is 5.91 Å². The lowest BCUT2D eigenvalue weighted by atomic mass is 9.92. The Hall–Kier alpha value is -1.35. The molecule has 2 atom stereocenters. The van der Waals surface area contributed by atoms with Crippen LogP contribution < -0.4 is 10.2 Å². The first kappa shape index (κ1) is 15.0. The monoisotopic (exact) mass is 275 g/mol. The second-order valence-electron chi connectivity index (χ2n) is 6.48. The van der Waals surface area contributed by atoms with E-state index < -0.39 is 0 Å². The van der Waals surface area contributed by atoms with E-state index >= 15 is 0 Å². The van der Waals surface area contributed by atoms with Crippen molar-refractivity contribution >= 4 is 5.91 Å². The van der Waals surface area contributed by atoms with E-state index in [-0.39, 0.29) is 5.91 Å². The Morgan fingerprint density at radius 1 is 1.25 bits per heavy atom. The fourth-order valence-corrected chi connectivity index (χ4v) is 3.36. The summed E-state index contributed by atoms with van der Waals surface area (Å²) in [4.78, 5) is 13.5. The maximum atomic E-state index is 12.1. The van der Waals surface area contributed by atoms with Gasteiger partial charge in [0.05, 0.1) is 13.1 Å². The summed E-state index contributed by atoms with van der Waals surface area (Å²) in [5.41, 5.74) is 2.44. The number of quaternary nitrogens is 1. The van der Waals surface area contributed by atoms with Crippen molar-refractivity contribution in [3.05, 3.63) is 35.4 Å². The minimum absolute atomic E-state index is 0.171. The van der Waals surface area contributed by atoms with Crippen LogP contribution >= 0.6 is 0 Å². The summed E-state index contributed by atoms with van der Waals surface area (Å²) >= 11 is 0. The highest BCUT2D eigenvalue weighted by Crippen LogP contribution is 2.11. The van der Waals surface area contributed by atoms with Gasteiger partial charge in [-0.2, -0.15) is 0 Å². The van der Waals surface area contributed by atoms with Gasteiger partial charge in [-0.1, -0.05) is 38.1 Å². The van der Waals surface area contributed by atoms with Gasteiger partial charge in [0.1, 0.15) is 0 Å². The van der Waals surface area contributed by atoms with Gasteiger partial charge >= 0.3 is 0 Å². The molecule has 1 heterocycles. The maximum Gasteiger partial charge on any atom is 0.275 e. The first-order valence-corrected chi connectivity index (χ1v) is 7.69. The summed E-state index contributed by atoms with van der Waals surface area (Å²) in [6.07, 6.45) is 1.30. The lowest BCUT2D eigenvalue weighted by molar-refractivity contribution is -0.904. The van der Waals surface area contributed by atoms with Gasteiger partial charge in [-0.3, -0.25) is 4.79 Å². The maximum absolute atomic E-state index is 12.1. The molecule has 20 heavy (non-hydrogen) atoms. The Bertz CT molecular complexity index is 448. The van der Waals surface area contributed by atoms with Crippen LogP contribution in [-0.2, 0) is 11.3 Å². The molecule has 0 spiro atoms. The van der Waals surface area contributed by atoms with E-state index in [0.717, 1.165) is 24.9 Å². The zero-order chi connectivity index (χ0) is 14.5. The standard InChI is InChI=1S/C17H26N2O/c1-13-8-14(2)11-19(10-13)12-17(20)18-9-16-7-5-4-6-15(16)3/h4-7,13-14H,8-12H2,1-3H3,(H,18,20)/p+1/t13-,14-/m1/s1. The van der Waals surface area contributed by atoms with Gasteiger partial charge < -0.3 is 10.2 Å². The molecule has 0 radical (unpaired) electrons. The predicted molar refractivity (Wildman–Crippen MR) is 81.5 cm³/mol. The molecule has 1 aromatic carbocycles. The normalized spacial score (nSPS) is 26.2. The number of hydrogen-bond acceptors (Lipinski definition) is 1. The average Bonchev–Trinajstić information content (AvgIpc) is 2.36. The number of benzene rings is 1. The number of hydrogen-bond donors (Lipinski definition) is 2. The summed E-state index contributed by atoms with van der Waals surface area (Å²) in [6, 6.07) is 8.21. The molecular weight excluding hydrogens is 248 g/mol. The SMILES string of the molecule is Cc1ccccc1CNC(=O)C[NH+]1C[C@H](C)C[C@@H](C)C1. The molecule has 1 amide bonds. The van der Waals surface area contributed by atoms with Gasteiger partial charge in [-0.15, -0.1) is 0 Å². The van der Waals surface area contributed by atoms with Crippen molar-refractivity contribution in [2.45, 2.75) is 33.7 Å². The fraction of sp³-hybridized carbons (Fsp3) is 0.588. The molecule has 0 aliphatic carbocycles. The van der Waals surface area contributed by atoms with Crippen molar-refractivity contribution in [1.29, 1.82) is 0 Å². The van der Waals surface area contributed by atoms with Gasteiger partial charge in [-0.25, -0.2) is 0 Å². The van der Waals surface area contributed by atoms with Crippen LogP contribution in [0.15, 0.2) is 24.3 Å². The second kappa shape index (κ2) is 6.89. The van der Waals surface area contributed by atoms with Gasteiger partial charge in [-0.05, 0) is 24.5 Å². The predicted octanol–water partition coefficient (Wildman–Crippen LogP) is 1.17. The van der Waals surface area contributed by atoms with Gasteiger partial charge in [0, 0.05) is 18.4 Å². The lowest BCUT2D eigenvalue weighted by Gasteiger charge is -2.31. The third-order valence-corrected chi connectivity index (χ3v) is 4.23. The van der Waals surface area contributed by atoms with Gasteiger partial charge in [0.2, 0.25) is 0 Å². The topological polar surface area (TPSA) is 33.5 Å². The van der Waals surface area contributed by atoms with E-state index in [9.17, 15) is 4.79 Å². The van der Waals surface area contributed by atoms with Crippen molar-refractivity contribution in [2.24, 2.45) is 11.8 Å². The molecule has 0 aromatic heterocycles.